The first kappa shape index (κ1) is 20.1. The zero-order valence-corrected chi connectivity index (χ0v) is 16.0. The van der Waals surface area contributed by atoms with E-state index in [9.17, 15) is 14.0 Å². The lowest BCUT2D eigenvalue weighted by Crippen LogP contribution is -2.25. The predicted octanol–water partition coefficient (Wildman–Crippen LogP) is 3.38. The maximum atomic E-state index is 13.6. The summed E-state index contributed by atoms with van der Waals surface area (Å²) in [4.78, 5) is 28.7. The zero-order chi connectivity index (χ0) is 20.8. The number of carbonyl (C=O) groups excluding carboxylic acids is 2. The maximum Gasteiger partial charge on any atom is 0.262 e. The fraction of sp³-hybridized carbons (Fsp3) is 0.190. The van der Waals surface area contributed by atoms with Crippen molar-refractivity contribution in [1.82, 2.24) is 10.3 Å². The van der Waals surface area contributed by atoms with Crippen LogP contribution in [0.25, 0.3) is 0 Å². The minimum Gasteiger partial charge on any atom is -0.483 e. The Hall–Kier alpha value is -3.68. The fourth-order valence-electron chi connectivity index (χ4n) is 2.54. The van der Waals surface area contributed by atoms with Crippen LogP contribution in [0.1, 0.15) is 27.7 Å². The molecule has 8 heteroatoms. The lowest BCUT2D eigenvalue weighted by Gasteiger charge is -2.11. The van der Waals surface area contributed by atoms with Gasteiger partial charge in [-0.25, -0.2) is 9.37 Å². The van der Waals surface area contributed by atoms with Crippen LogP contribution in [0.5, 0.6) is 5.75 Å². The van der Waals surface area contributed by atoms with Crippen molar-refractivity contribution in [1.29, 1.82) is 0 Å². The highest BCUT2D eigenvalue weighted by Crippen LogP contribution is 2.19. The standard InChI is InChI=1S/C21H20FN3O4/c1-13-14(2)29-20(24-13)11-23-21(27)15-7-3-6-10-18(15)28-12-19(26)25-17-9-5-4-8-16(17)22/h3-10H,11-12H2,1-2H3,(H,23,27)(H,25,26). The van der Waals surface area contributed by atoms with Crippen molar-refractivity contribution in [2.45, 2.75) is 20.4 Å². The number of aromatic nitrogens is 1. The molecular formula is C21H20FN3O4. The number of benzene rings is 2. The van der Waals surface area contributed by atoms with E-state index >= 15 is 0 Å². The Balaban J connectivity index is 1.60. The number of carbonyl (C=O) groups is 2. The number of rotatable bonds is 7. The Morgan fingerprint density at radius 2 is 1.83 bits per heavy atom. The molecule has 0 fully saturated rings. The van der Waals surface area contributed by atoms with E-state index in [4.69, 9.17) is 9.15 Å². The second kappa shape index (κ2) is 9.01. The third-order valence-electron chi connectivity index (χ3n) is 4.11. The molecule has 0 radical (unpaired) electrons. The van der Waals surface area contributed by atoms with Gasteiger partial charge in [0.2, 0.25) is 5.89 Å². The number of ether oxygens (including phenoxy) is 1. The molecule has 7 nitrogen and oxygen atoms in total. The van der Waals surface area contributed by atoms with Gasteiger partial charge >= 0.3 is 0 Å². The lowest BCUT2D eigenvalue weighted by atomic mass is 10.2. The van der Waals surface area contributed by atoms with Crippen molar-refractivity contribution in [3.05, 3.63) is 77.3 Å². The maximum absolute atomic E-state index is 13.6. The first-order valence-electron chi connectivity index (χ1n) is 8.91. The molecule has 1 heterocycles. The van der Waals surface area contributed by atoms with Crippen LogP contribution in [-0.4, -0.2) is 23.4 Å². The fourth-order valence-corrected chi connectivity index (χ4v) is 2.54. The molecule has 2 aromatic carbocycles. The highest BCUT2D eigenvalue weighted by molar-refractivity contribution is 5.97. The number of halogens is 1. The smallest absolute Gasteiger partial charge is 0.262 e. The molecule has 0 spiro atoms. The van der Waals surface area contributed by atoms with Crippen molar-refractivity contribution < 1.29 is 23.1 Å². The van der Waals surface area contributed by atoms with E-state index in [1.54, 1.807) is 37.3 Å². The normalized spacial score (nSPS) is 10.4. The van der Waals surface area contributed by atoms with Crippen molar-refractivity contribution in [3.63, 3.8) is 0 Å². The van der Waals surface area contributed by atoms with Crippen LogP contribution < -0.4 is 15.4 Å². The molecule has 3 aromatic rings. The van der Waals surface area contributed by atoms with Crippen molar-refractivity contribution in [2.24, 2.45) is 0 Å². The van der Waals surface area contributed by atoms with Crippen LogP contribution in [0.4, 0.5) is 10.1 Å². The zero-order valence-electron chi connectivity index (χ0n) is 16.0. The molecule has 0 aliphatic rings. The van der Waals surface area contributed by atoms with Gasteiger partial charge in [0.25, 0.3) is 11.8 Å². The predicted molar refractivity (Wildman–Crippen MR) is 104 cm³/mol. The van der Waals surface area contributed by atoms with Crippen LogP contribution in [0.15, 0.2) is 52.9 Å². The molecule has 0 bridgehead atoms. The van der Waals surface area contributed by atoms with Gasteiger partial charge in [0.15, 0.2) is 6.61 Å². The molecule has 3 rings (SSSR count). The summed E-state index contributed by atoms with van der Waals surface area (Å²) in [6, 6.07) is 12.3. The number of oxazole rings is 1. The molecule has 2 amide bonds. The second-order valence-corrected chi connectivity index (χ2v) is 6.24. The highest BCUT2D eigenvalue weighted by Gasteiger charge is 2.15. The summed E-state index contributed by atoms with van der Waals surface area (Å²) in [7, 11) is 0. The summed E-state index contributed by atoms with van der Waals surface area (Å²) < 4.78 is 24.5. The van der Waals surface area contributed by atoms with Crippen LogP contribution in [0, 0.1) is 19.7 Å². The first-order valence-corrected chi connectivity index (χ1v) is 8.91. The molecule has 2 N–H and O–H groups in total. The molecule has 1 aromatic heterocycles. The summed E-state index contributed by atoms with van der Waals surface area (Å²) in [6.45, 7) is 3.36. The molecule has 29 heavy (non-hydrogen) atoms. The van der Waals surface area contributed by atoms with Crippen LogP contribution in [0.3, 0.4) is 0 Å². The monoisotopic (exact) mass is 397 g/mol. The Morgan fingerprint density at radius 1 is 1.10 bits per heavy atom. The molecular weight excluding hydrogens is 377 g/mol. The van der Waals surface area contributed by atoms with Crippen molar-refractivity contribution >= 4 is 17.5 Å². The molecule has 0 unspecified atom stereocenters. The van der Waals surface area contributed by atoms with E-state index in [0.717, 1.165) is 5.69 Å². The number of para-hydroxylation sites is 2. The van der Waals surface area contributed by atoms with E-state index < -0.39 is 17.6 Å². The SMILES string of the molecule is Cc1nc(CNC(=O)c2ccccc2OCC(=O)Nc2ccccc2F)oc1C. The van der Waals surface area contributed by atoms with Crippen LogP contribution in [0.2, 0.25) is 0 Å². The quantitative estimate of drug-likeness (QED) is 0.638. The van der Waals surface area contributed by atoms with Crippen LogP contribution in [-0.2, 0) is 11.3 Å². The summed E-state index contributed by atoms with van der Waals surface area (Å²) in [5, 5.41) is 5.13. The summed E-state index contributed by atoms with van der Waals surface area (Å²) in [5.41, 5.74) is 1.08. The van der Waals surface area contributed by atoms with Gasteiger partial charge in [0.1, 0.15) is 17.3 Å². The average molecular weight is 397 g/mol. The Kier molecular flexibility index (Phi) is 6.23. The number of aryl methyl sites for hydroxylation is 2. The van der Waals surface area contributed by atoms with E-state index in [-0.39, 0.29) is 30.2 Å². The van der Waals surface area contributed by atoms with E-state index in [1.165, 1.54) is 18.2 Å². The number of hydrogen-bond acceptors (Lipinski definition) is 5. The minimum absolute atomic E-state index is 0.0589. The van der Waals surface area contributed by atoms with Gasteiger partial charge in [0.05, 0.1) is 23.5 Å². The summed E-state index contributed by atoms with van der Waals surface area (Å²) in [5.74, 6) is -0.166. The molecule has 0 aliphatic carbocycles. The van der Waals surface area contributed by atoms with E-state index in [2.05, 4.69) is 15.6 Å². The summed E-state index contributed by atoms with van der Waals surface area (Å²) >= 11 is 0. The largest absolute Gasteiger partial charge is 0.483 e. The average Bonchev–Trinajstić information content (AvgIpc) is 3.04. The number of anilines is 1. The lowest BCUT2D eigenvalue weighted by molar-refractivity contribution is -0.118. The molecule has 0 aliphatic heterocycles. The van der Waals surface area contributed by atoms with Gasteiger partial charge in [-0.1, -0.05) is 24.3 Å². The molecule has 0 saturated carbocycles. The third kappa shape index (κ3) is 5.19. The van der Waals surface area contributed by atoms with Crippen molar-refractivity contribution in [3.8, 4) is 5.75 Å². The van der Waals surface area contributed by atoms with Gasteiger partial charge in [0, 0.05) is 0 Å². The van der Waals surface area contributed by atoms with Gasteiger partial charge in [-0.05, 0) is 38.1 Å². The summed E-state index contributed by atoms with van der Waals surface area (Å²) in [6.07, 6.45) is 0. The number of amides is 2. The third-order valence-corrected chi connectivity index (χ3v) is 4.11. The molecule has 150 valence electrons. The number of hydrogen-bond donors (Lipinski definition) is 2. The number of nitrogens with one attached hydrogen (secondary N) is 2. The topological polar surface area (TPSA) is 93.5 Å². The Morgan fingerprint density at radius 3 is 2.55 bits per heavy atom. The van der Waals surface area contributed by atoms with Gasteiger partial charge < -0.3 is 19.8 Å². The van der Waals surface area contributed by atoms with E-state index in [1.807, 2.05) is 6.92 Å². The highest BCUT2D eigenvalue weighted by atomic mass is 19.1. The van der Waals surface area contributed by atoms with Crippen LogP contribution >= 0.6 is 0 Å². The minimum atomic E-state index is -0.545. The molecule has 0 atom stereocenters. The second-order valence-electron chi connectivity index (χ2n) is 6.24. The van der Waals surface area contributed by atoms with E-state index in [0.29, 0.717) is 11.7 Å². The van der Waals surface area contributed by atoms with Gasteiger partial charge in [-0.15, -0.1) is 0 Å². The first-order chi connectivity index (χ1) is 13.9. The Bertz CT molecular complexity index is 1010. The van der Waals surface area contributed by atoms with Gasteiger partial charge in [-0.2, -0.15) is 0 Å². The van der Waals surface area contributed by atoms with Gasteiger partial charge in [-0.3, -0.25) is 9.59 Å². The number of nitrogens with zero attached hydrogens (tertiary/aromatic N) is 1. The van der Waals surface area contributed by atoms with Crippen molar-refractivity contribution in [2.75, 3.05) is 11.9 Å². The Labute approximate surface area is 166 Å². The molecule has 0 saturated heterocycles.